The molecule has 138 valence electrons. The number of amides is 2. The average molecular weight is 362 g/mol. The van der Waals surface area contributed by atoms with Gasteiger partial charge in [0.15, 0.2) is 5.82 Å². The molecule has 4 rings (SSSR count). The van der Waals surface area contributed by atoms with Gasteiger partial charge in [-0.15, -0.1) is 0 Å². The predicted molar refractivity (Wildman–Crippen MR) is 102 cm³/mol. The van der Waals surface area contributed by atoms with Crippen molar-refractivity contribution >= 4 is 17.4 Å². The molecule has 0 unspecified atom stereocenters. The van der Waals surface area contributed by atoms with Crippen LogP contribution in [0.5, 0.6) is 0 Å². The Morgan fingerprint density at radius 2 is 1.56 bits per heavy atom. The van der Waals surface area contributed by atoms with Gasteiger partial charge in [0.05, 0.1) is 11.1 Å². The molecule has 0 saturated carbocycles. The molecule has 6 heteroatoms. The summed E-state index contributed by atoms with van der Waals surface area (Å²) in [6, 6.07) is 8.87. The maximum atomic E-state index is 12.3. The zero-order chi connectivity index (χ0) is 18.6. The van der Waals surface area contributed by atoms with Gasteiger partial charge in [-0.05, 0) is 49.6 Å². The molecule has 1 aromatic carbocycles. The smallest absolute Gasteiger partial charge is 0.261 e. The molecule has 2 aliphatic rings. The van der Waals surface area contributed by atoms with Crippen LogP contribution in [0.3, 0.4) is 0 Å². The van der Waals surface area contributed by atoms with Crippen molar-refractivity contribution in [3.63, 3.8) is 0 Å². The third-order valence-electron chi connectivity index (χ3n) is 5.13. The fourth-order valence-electron chi connectivity index (χ4n) is 3.63. The number of hydrogen-bond acceptors (Lipinski definition) is 5. The molecule has 1 aromatic heterocycles. The molecular weight excluding hydrogens is 340 g/mol. The van der Waals surface area contributed by atoms with E-state index < -0.39 is 0 Å². The van der Waals surface area contributed by atoms with E-state index in [4.69, 9.17) is 0 Å². The number of carbonyl (C=O) groups is 2. The van der Waals surface area contributed by atoms with Crippen molar-refractivity contribution in [1.82, 2.24) is 19.8 Å². The summed E-state index contributed by atoms with van der Waals surface area (Å²) < 4.78 is 0. The third kappa shape index (κ3) is 3.66. The fourth-order valence-corrected chi connectivity index (χ4v) is 3.63. The number of carbonyl (C=O) groups excluding carboxylic acids is 2. The SMILES string of the molecule is O=C1c2ccccc2C(=O)N1CCCCN1CC=C(c2ncccn2)CC1. The summed E-state index contributed by atoms with van der Waals surface area (Å²) in [6.07, 6.45) is 8.47. The Morgan fingerprint density at radius 3 is 2.19 bits per heavy atom. The molecule has 0 spiro atoms. The number of hydrogen-bond donors (Lipinski definition) is 0. The molecule has 0 atom stereocenters. The van der Waals surface area contributed by atoms with E-state index in [1.54, 1.807) is 36.7 Å². The van der Waals surface area contributed by atoms with Gasteiger partial charge in [-0.3, -0.25) is 19.4 Å². The van der Waals surface area contributed by atoms with Crippen molar-refractivity contribution in [3.05, 3.63) is 65.8 Å². The third-order valence-corrected chi connectivity index (χ3v) is 5.13. The van der Waals surface area contributed by atoms with E-state index in [9.17, 15) is 9.59 Å². The first kappa shape index (κ1) is 17.5. The van der Waals surface area contributed by atoms with Crippen LogP contribution in [-0.2, 0) is 0 Å². The number of aromatic nitrogens is 2. The zero-order valence-electron chi connectivity index (χ0n) is 15.2. The highest BCUT2D eigenvalue weighted by Gasteiger charge is 2.34. The molecule has 0 bridgehead atoms. The van der Waals surface area contributed by atoms with Crippen molar-refractivity contribution in [1.29, 1.82) is 0 Å². The summed E-state index contributed by atoms with van der Waals surface area (Å²) in [5, 5.41) is 0. The Morgan fingerprint density at radius 1 is 0.889 bits per heavy atom. The van der Waals surface area contributed by atoms with Gasteiger partial charge >= 0.3 is 0 Å². The first-order chi connectivity index (χ1) is 13.2. The lowest BCUT2D eigenvalue weighted by Crippen LogP contribution is -2.32. The second-order valence-electron chi connectivity index (χ2n) is 6.87. The molecule has 0 aliphatic carbocycles. The Bertz CT molecular complexity index is 844. The maximum absolute atomic E-state index is 12.3. The lowest BCUT2D eigenvalue weighted by molar-refractivity contribution is 0.0650. The van der Waals surface area contributed by atoms with E-state index in [2.05, 4.69) is 20.9 Å². The maximum Gasteiger partial charge on any atom is 0.261 e. The molecule has 2 aliphatic heterocycles. The van der Waals surface area contributed by atoms with Crippen LogP contribution in [0.4, 0.5) is 0 Å². The first-order valence-corrected chi connectivity index (χ1v) is 9.38. The zero-order valence-corrected chi connectivity index (χ0v) is 15.2. The van der Waals surface area contributed by atoms with E-state index in [-0.39, 0.29) is 11.8 Å². The standard InChI is InChI=1S/C21H22N4O2/c26-20-17-6-1-2-7-18(17)21(27)25(20)13-4-3-12-24-14-8-16(9-15-24)19-22-10-5-11-23-19/h1-2,5-8,10-11H,3-4,9,12-15H2. The highest BCUT2D eigenvalue weighted by Crippen LogP contribution is 2.23. The summed E-state index contributed by atoms with van der Waals surface area (Å²) >= 11 is 0. The van der Waals surface area contributed by atoms with Gasteiger partial charge in [0.2, 0.25) is 0 Å². The highest BCUT2D eigenvalue weighted by molar-refractivity contribution is 6.21. The number of fused-ring (bicyclic) bond motifs is 1. The molecule has 6 nitrogen and oxygen atoms in total. The molecular formula is C21H22N4O2. The van der Waals surface area contributed by atoms with Gasteiger partial charge in [-0.2, -0.15) is 0 Å². The van der Waals surface area contributed by atoms with Crippen LogP contribution in [0, 0.1) is 0 Å². The minimum Gasteiger partial charge on any atom is -0.299 e. The molecule has 2 aromatic rings. The quantitative estimate of drug-likeness (QED) is 0.584. The van der Waals surface area contributed by atoms with Crippen molar-refractivity contribution in [2.24, 2.45) is 0 Å². The van der Waals surface area contributed by atoms with Crippen molar-refractivity contribution in [2.45, 2.75) is 19.3 Å². The van der Waals surface area contributed by atoms with Gasteiger partial charge in [-0.1, -0.05) is 18.2 Å². The van der Waals surface area contributed by atoms with Gasteiger partial charge in [-0.25, -0.2) is 9.97 Å². The Hall–Kier alpha value is -2.86. The van der Waals surface area contributed by atoms with E-state index in [1.807, 2.05) is 6.07 Å². The largest absolute Gasteiger partial charge is 0.299 e. The highest BCUT2D eigenvalue weighted by atomic mass is 16.2. The Balaban J connectivity index is 1.23. The van der Waals surface area contributed by atoms with Gasteiger partial charge in [0.25, 0.3) is 11.8 Å². The van der Waals surface area contributed by atoms with Crippen LogP contribution < -0.4 is 0 Å². The van der Waals surface area contributed by atoms with Crippen molar-refractivity contribution in [2.75, 3.05) is 26.2 Å². The molecule has 2 amide bonds. The van der Waals surface area contributed by atoms with Gasteiger partial charge < -0.3 is 0 Å². The Kier molecular flexibility index (Phi) is 5.07. The van der Waals surface area contributed by atoms with Crippen LogP contribution in [0.15, 0.2) is 48.8 Å². The fraction of sp³-hybridized carbons (Fsp3) is 0.333. The summed E-state index contributed by atoms with van der Waals surface area (Å²) in [5.41, 5.74) is 2.26. The monoisotopic (exact) mass is 362 g/mol. The van der Waals surface area contributed by atoms with Crippen molar-refractivity contribution in [3.8, 4) is 0 Å². The average Bonchev–Trinajstić information content (AvgIpc) is 2.97. The summed E-state index contributed by atoms with van der Waals surface area (Å²) in [4.78, 5) is 37.1. The van der Waals surface area contributed by atoms with E-state index in [1.165, 1.54) is 10.5 Å². The normalized spacial score (nSPS) is 17.2. The van der Waals surface area contributed by atoms with Crippen LogP contribution in [0.1, 0.15) is 45.8 Å². The number of unbranched alkanes of at least 4 members (excludes halogenated alkanes) is 1. The second-order valence-corrected chi connectivity index (χ2v) is 6.87. The topological polar surface area (TPSA) is 66.4 Å². The summed E-state index contributed by atoms with van der Waals surface area (Å²) in [6.45, 7) is 3.32. The van der Waals surface area contributed by atoms with Crippen LogP contribution >= 0.6 is 0 Å². The lowest BCUT2D eigenvalue weighted by atomic mass is 10.1. The number of rotatable bonds is 6. The van der Waals surface area contributed by atoms with E-state index in [0.29, 0.717) is 17.7 Å². The lowest BCUT2D eigenvalue weighted by Gasteiger charge is -2.26. The minimum absolute atomic E-state index is 0.163. The molecule has 27 heavy (non-hydrogen) atoms. The number of nitrogens with zero attached hydrogens (tertiary/aromatic N) is 4. The minimum atomic E-state index is -0.163. The van der Waals surface area contributed by atoms with Crippen molar-refractivity contribution < 1.29 is 9.59 Å². The van der Waals surface area contributed by atoms with Crippen LogP contribution in [-0.4, -0.2) is 57.8 Å². The number of benzene rings is 1. The molecule has 0 saturated heterocycles. The van der Waals surface area contributed by atoms with Gasteiger partial charge in [0, 0.05) is 32.0 Å². The Labute approximate surface area is 158 Å². The van der Waals surface area contributed by atoms with Crippen LogP contribution in [0.2, 0.25) is 0 Å². The number of imide groups is 1. The van der Waals surface area contributed by atoms with Gasteiger partial charge in [0.1, 0.15) is 0 Å². The summed E-state index contributed by atoms with van der Waals surface area (Å²) in [5.74, 6) is 0.496. The first-order valence-electron chi connectivity index (χ1n) is 9.38. The predicted octanol–water partition coefficient (Wildman–Crippen LogP) is 2.64. The molecule has 0 radical (unpaired) electrons. The van der Waals surface area contributed by atoms with E-state index in [0.717, 1.165) is 44.7 Å². The molecule has 0 N–H and O–H groups in total. The molecule has 0 fully saturated rings. The molecule has 3 heterocycles. The second kappa shape index (κ2) is 7.80. The summed E-state index contributed by atoms with van der Waals surface area (Å²) in [7, 11) is 0. The van der Waals surface area contributed by atoms with Crippen LogP contribution in [0.25, 0.3) is 5.57 Å². The van der Waals surface area contributed by atoms with E-state index >= 15 is 0 Å².